The molecule has 0 aliphatic heterocycles. The molecule has 0 unspecified atom stereocenters. The van der Waals surface area contributed by atoms with E-state index < -0.39 is 0 Å². The van der Waals surface area contributed by atoms with E-state index in [9.17, 15) is 4.79 Å². The maximum Gasteiger partial charge on any atom is 0.234 e. The first-order chi connectivity index (χ1) is 14.5. The van der Waals surface area contributed by atoms with Crippen LogP contribution >= 0.6 is 24.0 Å². The molecule has 0 aromatic heterocycles. The molecular weight excluding hydrogens is 410 g/mol. The Labute approximate surface area is 187 Å². The van der Waals surface area contributed by atoms with Crippen LogP contribution in [-0.2, 0) is 11.2 Å². The number of thiocarbonyl (C=S) groups is 1. The van der Waals surface area contributed by atoms with Gasteiger partial charge in [-0.1, -0.05) is 43.3 Å². The highest BCUT2D eigenvalue weighted by molar-refractivity contribution is 8.00. The summed E-state index contributed by atoms with van der Waals surface area (Å²) in [6, 6.07) is 23.8. The Morgan fingerprint density at radius 1 is 0.867 bits per heavy atom. The number of hydrogen-bond donors (Lipinski definition) is 3. The molecule has 0 aliphatic rings. The van der Waals surface area contributed by atoms with Crippen LogP contribution in [-0.4, -0.2) is 16.8 Å². The van der Waals surface area contributed by atoms with Gasteiger partial charge < -0.3 is 16.0 Å². The van der Waals surface area contributed by atoms with E-state index in [4.69, 9.17) is 12.2 Å². The standard InChI is InChI=1S/C24H25N3OS2/c1-3-18-9-7-8-17(2)23(18)27-22(28)16-30-21-14-12-20(13-15-21)26-24(29)25-19-10-5-4-6-11-19/h4-15H,3,16H2,1-2H3,(H,27,28)(H2,25,26,29). The molecule has 6 heteroatoms. The van der Waals surface area contributed by atoms with Gasteiger partial charge in [0.15, 0.2) is 5.11 Å². The van der Waals surface area contributed by atoms with Crippen molar-refractivity contribution in [1.29, 1.82) is 0 Å². The molecule has 0 aliphatic carbocycles. The van der Waals surface area contributed by atoms with E-state index in [1.807, 2.05) is 73.7 Å². The molecule has 0 spiro atoms. The van der Waals surface area contributed by atoms with Crippen molar-refractivity contribution in [2.45, 2.75) is 25.2 Å². The second kappa shape index (κ2) is 10.8. The quantitative estimate of drug-likeness (QED) is 0.309. The van der Waals surface area contributed by atoms with Gasteiger partial charge in [-0.2, -0.15) is 0 Å². The van der Waals surface area contributed by atoms with E-state index >= 15 is 0 Å². The van der Waals surface area contributed by atoms with Crippen LogP contribution in [0.2, 0.25) is 0 Å². The van der Waals surface area contributed by atoms with Gasteiger partial charge in [-0.3, -0.25) is 4.79 Å². The average molecular weight is 436 g/mol. The van der Waals surface area contributed by atoms with Crippen LogP contribution in [0, 0.1) is 6.92 Å². The number of nitrogens with one attached hydrogen (secondary N) is 3. The summed E-state index contributed by atoms with van der Waals surface area (Å²) in [5, 5.41) is 9.91. The second-order valence-electron chi connectivity index (χ2n) is 6.77. The first-order valence-electron chi connectivity index (χ1n) is 9.79. The molecule has 4 nitrogen and oxygen atoms in total. The molecule has 3 N–H and O–H groups in total. The Bertz CT molecular complexity index is 1000. The number of hydrogen-bond acceptors (Lipinski definition) is 3. The van der Waals surface area contributed by atoms with Crippen molar-refractivity contribution in [2.24, 2.45) is 0 Å². The van der Waals surface area contributed by atoms with Gasteiger partial charge in [-0.25, -0.2) is 0 Å². The highest BCUT2D eigenvalue weighted by Gasteiger charge is 2.09. The van der Waals surface area contributed by atoms with Crippen LogP contribution in [0.5, 0.6) is 0 Å². The van der Waals surface area contributed by atoms with Crippen LogP contribution < -0.4 is 16.0 Å². The number of para-hydroxylation sites is 2. The number of aryl methyl sites for hydroxylation is 2. The van der Waals surface area contributed by atoms with Crippen molar-refractivity contribution in [3.05, 3.63) is 83.9 Å². The fourth-order valence-electron chi connectivity index (χ4n) is 2.98. The Kier molecular flexibility index (Phi) is 7.88. The summed E-state index contributed by atoms with van der Waals surface area (Å²) in [5.41, 5.74) is 5.01. The minimum absolute atomic E-state index is 0.000518. The van der Waals surface area contributed by atoms with Gasteiger partial charge in [-0.15, -0.1) is 11.8 Å². The van der Waals surface area contributed by atoms with Gasteiger partial charge in [0.25, 0.3) is 0 Å². The molecule has 3 aromatic carbocycles. The van der Waals surface area contributed by atoms with E-state index in [0.717, 1.165) is 39.5 Å². The van der Waals surface area contributed by atoms with Crippen molar-refractivity contribution in [3.63, 3.8) is 0 Å². The van der Waals surface area contributed by atoms with E-state index in [0.29, 0.717) is 10.9 Å². The summed E-state index contributed by atoms with van der Waals surface area (Å²) in [6.07, 6.45) is 0.889. The summed E-state index contributed by atoms with van der Waals surface area (Å²) < 4.78 is 0. The third kappa shape index (κ3) is 6.34. The van der Waals surface area contributed by atoms with Crippen molar-refractivity contribution < 1.29 is 4.79 Å². The molecule has 0 saturated carbocycles. The molecule has 3 aromatic rings. The smallest absolute Gasteiger partial charge is 0.234 e. The molecule has 0 radical (unpaired) electrons. The summed E-state index contributed by atoms with van der Waals surface area (Å²) in [4.78, 5) is 13.4. The number of benzene rings is 3. The first kappa shape index (κ1) is 21.9. The van der Waals surface area contributed by atoms with Gasteiger partial charge >= 0.3 is 0 Å². The van der Waals surface area contributed by atoms with Crippen LogP contribution in [0.25, 0.3) is 0 Å². The normalized spacial score (nSPS) is 10.3. The van der Waals surface area contributed by atoms with Crippen LogP contribution in [0.15, 0.2) is 77.7 Å². The number of thioether (sulfide) groups is 1. The van der Waals surface area contributed by atoms with E-state index in [2.05, 4.69) is 28.9 Å². The van der Waals surface area contributed by atoms with Crippen molar-refractivity contribution in [3.8, 4) is 0 Å². The second-order valence-corrected chi connectivity index (χ2v) is 8.23. The lowest BCUT2D eigenvalue weighted by Gasteiger charge is -2.13. The molecule has 3 rings (SSSR count). The van der Waals surface area contributed by atoms with E-state index in [1.54, 1.807) is 0 Å². The molecule has 0 saturated heterocycles. The first-order valence-corrected chi connectivity index (χ1v) is 11.2. The maximum atomic E-state index is 12.4. The number of amides is 1. The fraction of sp³-hybridized carbons (Fsp3) is 0.167. The average Bonchev–Trinajstić information content (AvgIpc) is 2.75. The van der Waals surface area contributed by atoms with Gasteiger partial charge in [0, 0.05) is 22.0 Å². The lowest BCUT2D eigenvalue weighted by molar-refractivity contribution is -0.113. The van der Waals surface area contributed by atoms with Crippen molar-refractivity contribution in [1.82, 2.24) is 0 Å². The number of anilines is 3. The topological polar surface area (TPSA) is 53.2 Å². The summed E-state index contributed by atoms with van der Waals surface area (Å²) in [5.74, 6) is 0.359. The summed E-state index contributed by atoms with van der Waals surface area (Å²) >= 11 is 6.86. The zero-order chi connectivity index (χ0) is 21.3. The van der Waals surface area contributed by atoms with Crippen LogP contribution in [0.3, 0.4) is 0 Å². The van der Waals surface area contributed by atoms with Crippen molar-refractivity contribution >= 4 is 52.1 Å². The Morgan fingerprint density at radius 3 is 2.20 bits per heavy atom. The highest BCUT2D eigenvalue weighted by atomic mass is 32.2. The Hall–Kier alpha value is -2.83. The summed E-state index contributed by atoms with van der Waals surface area (Å²) in [7, 11) is 0. The SMILES string of the molecule is CCc1cccc(C)c1NC(=O)CSc1ccc(NC(=S)Nc2ccccc2)cc1. The molecular formula is C24H25N3OS2. The molecule has 0 atom stereocenters. The summed E-state index contributed by atoms with van der Waals surface area (Å²) in [6.45, 7) is 4.11. The van der Waals surface area contributed by atoms with Gasteiger partial charge in [0.05, 0.1) is 5.75 Å². The minimum atomic E-state index is -0.000518. The largest absolute Gasteiger partial charge is 0.332 e. The predicted octanol–water partition coefficient (Wildman–Crippen LogP) is 6.10. The van der Waals surface area contributed by atoms with Gasteiger partial charge in [0.2, 0.25) is 5.91 Å². The van der Waals surface area contributed by atoms with Gasteiger partial charge in [0.1, 0.15) is 0 Å². The molecule has 0 heterocycles. The molecule has 154 valence electrons. The maximum absolute atomic E-state index is 12.4. The molecule has 0 fully saturated rings. The number of carbonyl (C=O) groups excluding carboxylic acids is 1. The molecule has 1 amide bonds. The fourth-order valence-corrected chi connectivity index (χ4v) is 3.91. The van der Waals surface area contributed by atoms with E-state index in [-0.39, 0.29) is 5.91 Å². The minimum Gasteiger partial charge on any atom is -0.332 e. The van der Waals surface area contributed by atoms with Crippen LogP contribution in [0.4, 0.5) is 17.1 Å². The molecule has 30 heavy (non-hydrogen) atoms. The highest BCUT2D eigenvalue weighted by Crippen LogP contribution is 2.24. The van der Waals surface area contributed by atoms with E-state index in [1.165, 1.54) is 11.8 Å². The van der Waals surface area contributed by atoms with Gasteiger partial charge in [-0.05, 0) is 73.1 Å². The third-order valence-corrected chi connectivity index (χ3v) is 5.73. The Morgan fingerprint density at radius 2 is 1.53 bits per heavy atom. The Balaban J connectivity index is 1.50. The predicted molar refractivity (Wildman–Crippen MR) is 133 cm³/mol. The number of carbonyl (C=O) groups is 1. The van der Waals surface area contributed by atoms with Crippen LogP contribution in [0.1, 0.15) is 18.1 Å². The lowest BCUT2D eigenvalue weighted by Crippen LogP contribution is -2.18. The molecule has 0 bridgehead atoms. The monoisotopic (exact) mass is 435 g/mol. The zero-order valence-electron chi connectivity index (χ0n) is 17.1. The third-order valence-electron chi connectivity index (χ3n) is 4.52. The van der Waals surface area contributed by atoms with Crippen molar-refractivity contribution in [2.75, 3.05) is 21.7 Å². The number of rotatable bonds is 7. The zero-order valence-corrected chi connectivity index (χ0v) is 18.7. The lowest BCUT2D eigenvalue weighted by atomic mass is 10.1.